The second kappa shape index (κ2) is 8.39. The normalized spacial score (nSPS) is 17.3. The fraction of sp³-hybridized carbons (Fsp3) is 0.250. The molecule has 3 aromatic rings. The number of hydrogen-bond acceptors (Lipinski definition) is 2. The molecule has 29 heavy (non-hydrogen) atoms. The van der Waals surface area contributed by atoms with Crippen LogP contribution in [0.5, 0.6) is 0 Å². The maximum atomic E-state index is 12.9. The summed E-state index contributed by atoms with van der Waals surface area (Å²) in [6.45, 7) is 1.03. The molecule has 0 saturated carbocycles. The first kappa shape index (κ1) is 19.7. The molecule has 5 heteroatoms. The van der Waals surface area contributed by atoms with Crippen LogP contribution in [0.3, 0.4) is 0 Å². The van der Waals surface area contributed by atoms with Gasteiger partial charge < -0.3 is 4.74 Å². The van der Waals surface area contributed by atoms with Gasteiger partial charge in [-0.3, -0.25) is 4.90 Å². The lowest BCUT2D eigenvalue weighted by atomic mass is 9.94. The first-order valence-electron chi connectivity index (χ1n) is 9.66. The van der Waals surface area contributed by atoms with Gasteiger partial charge in [-0.05, 0) is 28.8 Å². The standard InChI is InChI=1S/C24H22F3NO/c25-24(26,27)21-13-7-8-18(16-21)17-29-22-14-15-28(22)23(19-9-3-1-4-10-19)20-11-5-2-6-12-20/h1-13,16,22-23H,14-15,17H2. The van der Waals surface area contributed by atoms with Gasteiger partial charge in [0, 0.05) is 13.0 Å². The van der Waals surface area contributed by atoms with Gasteiger partial charge in [-0.2, -0.15) is 13.2 Å². The molecule has 2 nitrogen and oxygen atoms in total. The topological polar surface area (TPSA) is 12.5 Å². The number of rotatable bonds is 6. The van der Waals surface area contributed by atoms with E-state index in [1.807, 2.05) is 36.4 Å². The fourth-order valence-electron chi connectivity index (χ4n) is 3.73. The van der Waals surface area contributed by atoms with Crippen molar-refractivity contribution < 1.29 is 17.9 Å². The van der Waals surface area contributed by atoms with Crippen molar-refractivity contribution in [2.45, 2.75) is 31.5 Å². The number of halogens is 3. The third-order valence-corrected chi connectivity index (χ3v) is 5.26. The molecule has 0 aliphatic carbocycles. The molecule has 1 unspecified atom stereocenters. The van der Waals surface area contributed by atoms with E-state index in [1.54, 1.807) is 6.07 Å². The molecule has 4 rings (SSSR count). The number of hydrogen-bond donors (Lipinski definition) is 0. The summed E-state index contributed by atoms with van der Waals surface area (Å²) in [4.78, 5) is 2.26. The van der Waals surface area contributed by atoms with Gasteiger partial charge in [0.15, 0.2) is 0 Å². The van der Waals surface area contributed by atoms with Crippen molar-refractivity contribution in [2.75, 3.05) is 6.54 Å². The lowest BCUT2D eigenvalue weighted by Crippen LogP contribution is -2.51. The molecule has 1 aliphatic heterocycles. The van der Waals surface area contributed by atoms with Crippen molar-refractivity contribution in [3.63, 3.8) is 0 Å². The van der Waals surface area contributed by atoms with E-state index in [0.717, 1.165) is 25.1 Å². The third-order valence-electron chi connectivity index (χ3n) is 5.26. The Bertz CT molecular complexity index is 888. The Morgan fingerprint density at radius 2 is 1.48 bits per heavy atom. The zero-order chi connectivity index (χ0) is 20.3. The maximum absolute atomic E-state index is 12.9. The molecule has 3 aromatic carbocycles. The lowest BCUT2D eigenvalue weighted by molar-refractivity contribution is -0.144. The summed E-state index contributed by atoms with van der Waals surface area (Å²) in [5.41, 5.74) is 2.23. The zero-order valence-corrected chi connectivity index (χ0v) is 15.8. The fourth-order valence-corrected chi connectivity index (χ4v) is 3.73. The summed E-state index contributed by atoms with van der Waals surface area (Å²) in [7, 11) is 0. The summed E-state index contributed by atoms with van der Waals surface area (Å²) in [6.07, 6.45) is -3.62. The van der Waals surface area contributed by atoms with Gasteiger partial charge >= 0.3 is 6.18 Å². The molecule has 1 saturated heterocycles. The SMILES string of the molecule is FC(F)(F)c1cccc(COC2CCN2C(c2ccccc2)c2ccccc2)c1. The Morgan fingerprint density at radius 3 is 2.00 bits per heavy atom. The van der Waals surface area contributed by atoms with Crippen molar-refractivity contribution in [3.8, 4) is 0 Å². The lowest BCUT2D eigenvalue weighted by Gasteiger charge is -2.46. The monoisotopic (exact) mass is 397 g/mol. The summed E-state index contributed by atoms with van der Waals surface area (Å²) >= 11 is 0. The average Bonchev–Trinajstić information content (AvgIpc) is 2.72. The zero-order valence-electron chi connectivity index (χ0n) is 15.8. The number of likely N-dealkylation sites (tertiary alicyclic amines) is 1. The highest BCUT2D eigenvalue weighted by Crippen LogP contribution is 2.36. The van der Waals surface area contributed by atoms with Crippen molar-refractivity contribution in [1.29, 1.82) is 0 Å². The smallest absolute Gasteiger partial charge is 0.358 e. The molecule has 0 amide bonds. The summed E-state index contributed by atoms with van der Waals surface area (Å²) in [6, 6.07) is 25.8. The molecule has 0 bridgehead atoms. The van der Waals surface area contributed by atoms with Crippen LogP contribution in [0, 0.1) is 0 Å². The highest BCUT2D eigenvalue weighted by Gasteiger charge is 2.36. The maximum Gasteiger partial charge on any atom is 0.416 e. The van der Waals surface area contributed by atoms with Crippen LogP contribution in [0.15, 0.2) is 84.9 Å². The van der Waals surface area contributed by atoms with Crippen molar-refractivity contribution in [2.24, 2.45) is 0 Å². The minimum Gasteiger partial charge on any atom is -0.358 e. The van der Waals surface area contributed by atoms with Crippen molar-refractivity contribution in [1.82, 2.24) is 4.90 Å². The van der Waals surface area contributed by atoms with E-state index in [0.29, 0.717) is 5.56 Å². The van der Waals surface area contributed by atoms with Crippen molar-refractivity contribution >= 4 is 0 Å². The second-order valence-electron chi connectivity index (χ2n) is 7.21. The van der Waals surface area contributed by atoms with Crippen LogP contribution in [-0.4, -0.2) is 17.7 Å². The molecule has 0 spiro atoms. The van der Waals surface area contributed by atoms with Gasteiger partial charge in [-0.15, -0.1) is 0 Å². The predicted molar refractivity (Wildman–Crippen MR) is 106 cm³/mol. The molecule has 150 valence electrons. The largest absolute Gasteiger partial charge is 0.416 e. The Morgan fingerprint density at radius 1 is 0.862 bits per heavy atom. The van der Waals surface area contributed by atoms with Crippen LogP contribution in [0.2, 0.25) is 0 Å². The first-order chi connectivity index (χ1) is 14.0. The number of benzene rings is 3. The van der Waals surface area contributed by atoms with Crippen LogP contribution < -0.4 is 0 Å². The van der Waals surface area contributed by atoms with Crippen molar-refractivity contribution in [3.05, 3.63) is 107 Å². The van der Waals surface area contributed by atoms with Gasteiger partial charge in [-0.1, -0.05) is 72.8 Å². The molecule has 0 N–H and O–H groups in total. The van der Waals surface area contributed by atoms with E-state index in [1.165, 1.54) is 17.2 Å². The van der Waals surface area contributed by atoms with Crippen LogP contribution in [0.25, 0.3) is 0 Å². The second-order valence-corrected chi connectivity index (χ2v) is 7.21. The van der Waals surface area contributed by atoms with Gasteiger partial charge in [0.05, 0.1) is 18.2 Å². The van der Waals surface area contributed by atoms with Crippen LogP contribution in [0.4, 0.5) is 13.2 Å². The van der Waals surface area contributed by atoms with E-state index in [4.69, 9.17) is 4.74 Å². The Kier molecular flexibility index (Phi) is 5.69. The Hall–Kier alpha value is -2.63. The molecule has 1 atom stereocenters. The van der Waals surface area contributed by atoms with Gasteiger partial charge in [0.25, 0.3) is 0 Å². The summed E-state index contributed by atoms with van der Waals surface area (Å²) in [5, 5.41) is 0. The molecule has 1 aliphatic rings. The molecular formula is C24H22F3NO. The summed E-state index contributed by atoms with van der Waals surface area (Å²) < 4.78 is 44.8. The summed E-state index contributed by atoms with van der Waals surface area (Å²) in [5.74, 6) is 0. The number of ether oxygens (including phenoxy) is 1. The van der Waals surface area contributed by atoms with Crippen LogP contribution in [0.1, 0.15) is 34.7 Å². The minimum absolute atomic E-state index is 0.0534. The van der Waals surface area contributed by atoms with E-state index in [9.17, 15) is 13.2 Å². The first-order valence-corrected chi connectivity index (χ1v) is 9.66. The number of nitrogens with zero attached hydrogens (tertiary/aromatic N) is 1. The van der Waals surface area contributed by atoms with Gasteiger partial charge in [0.1, 0.15) is 6.23 Å². The van der Waals surface area contributed by atoms with E-state index < -0.39 is 11.7 Å². The van der Waals surface area contributed by atoms with Gasteiger partial charge in [-0.25, -0.2) is 0 Å². The Labute approximate surface area is 168 Å². The average molecular weight is 397 g/mol. The number of alkyl halides is 3. The quantitative estimate of drug-likeness (QED) is 0.503. The highest BCUT2D eigenvalue weighted by molar-refractivity contribution is 5.32. The third kappa shape index (κ3) is 4.52. The molecular weight excluding hydrogens is 375 g/mol. The van der Waals surface area contributed by atoms with E-state index >= 15 is 0 Å². The predicted octanol–water partition coefficient (Wildman–Crippen LogP) is 6.04. The van der Waals surface area contributed by atoms with Crippen LogP contribution >= 0.6 is 0 Å². The molecule has 1 fully saturated rings. The van der Waals surface area contributed by atoms with Crippen LogP contribution in [-0.2, 0) is 17.5 Å². The van der Waals surface area contributed by atoms with E-state index in [-0.39, 0.29) is 18.9 Å². The highest BCUT2D eigenvalue weighted by atomic mass is 19.4. The molecule has 1 heterocycles. The molecule has 0 aromatic heterocycles. The van der Waals surface area contributed by atoms with E-state index in [2.05, 4.69) is 29.2 Å². The minimum atomic E-state index is -4.34. The molecule has 0 radical (unpaired) electrons. The Balaban J connectivity index is 1.50. The van der Waals surface area contributed by atoms with Gasteiger partial charge in [0.2, 0.25) is 0 Å².